The average molecular weight is 229 g/mol. The summed E-state index contributed by atoms with van der Waals surface area (Å²) in [6.45, 7) is 4.71. The Morgan fingerprint density at radius 3 is 2.76 bits per heavy atom. The van der Waals surface area contributed by atoms with Gasteiger partial charge in [-0.1, -0.05) is 25.1 Å². The molecule has 1 aliphatic carbocycles. The van der Waals surface area contributed by atoms with Crippen molar-refractivity contribution in [2.24, 2.45) is 5.92 Å². The number of hydrogen-bond acceptors (Lipinski definition) is 1. The van der Waals surface area contributed by atoms with E-state index < -0.39 is 0 Å². The van der Waals surface area contributed by atoms with Crippen LogP contribution >= 0.6 is 0 Å². The molecular weight excluding hydrogens is 206 g/mol. The van der Waals surface area contributed by atoms with Crippen molar-refractivity contribution in [1.82, 2.24) is 5.32 Å². The van der Waals surface area contributed by atoms with Crippen LogP contribution in [-0.4, -0.2) is 13.1 Å². The molecule has 0 saturated carbocycles. The molecule has 1 atom stereocenters. The second-order valence-electron chi connectivity index (χ2n) is 5.62. The van der Waals surface area contributed by atoms with Crippen molar-refractivity contribution in [1.29, 1.82) is 0 Å². The summed E-state index contributed by atoms with van der Waals surface area (Å²) < 4.78 is 0. The number of benzene rings is 1. The number of aryl methyl sites for hydroxylation is 2. The van der Waals surface area contributed by atoms with Gasteiger partial charge >= 0.3 is 0 Å². The SMILES string of the molecule is CCc1ccc2c(c1)C(C1CCNCC1)CC2. The summed E-state index contributed by atoms with van der Waals surface area (Å²) in [6.07, 6.45) is 6.63. The Morgan fingerprint density at radius 2 is 2.00 bits per heavy atom. The van der Waals surface area contributed by atoms with Crippen LogP contribution in [0.4, 0.5) is 0 Å². The van der Waals surface area contributed by atoms with Gasteiger partial charge in [-0.3, -0.25) is 0 Å². The first kappa shape index (κ1) is 11.3. The van der Waals surface area contributed by atoms with Gasteiger partial charge in [-0.05, 0) is 73.7 Å². The van der Waals surface area contributed by atoms with Gasteiger partial charge in [0, 0.05) is 0 Å². The lowest BCUT2D eigenvalue weighted by Gasteiger charge is -2.28. The zero-order valence-corrected chi connectivity index (χ0v) is 10.8. The van der Waals surface area contributed by atoms with Crippen LogP contribution in [0.3, 0.4) is 0 Å². The van der Waals surface area contributed by atoms with Crippen LogP contribution in [0.25, 0.3) is 0 Å². The first-order valence-corrected chi connectivity index (χ1v) is 7.21. The number of nitrogens with one attached hydrogen (secondary N) is 1. The summed E-state index contributed by atoms with van der Waals surface area (Å²) in [5.74, 6) is 1.79. The molecule has 2 aliphatic rings. The molecular formula is C16H23N. The number of rotatable bonds is 2. The van der Waals surface area contributed by atoms with E-state index in [4.69, 9.17) is 0 Å². The van der Waals surface area contributed by atoms with Gasteiger partial charge in [0.1, 0.15) is 0 Å². The van der Waals surface area contributed by atoms with Gasteiger partial charge < -0.3 is 5.32 Å². The van der Waals surface area contributed by atoms with Crippen LogP contribution in [-0.2, 0) is 12.8 Å². The highest BCUT2D eigenvalue weighted by Crippen LogP contribution is 2.41. The molecule has 92 valence electrons. The van der Waals surface area contributed by atoms with E-state index >= 15 is 0 Å². The standard InChI is InChI=1S/C16H23N/c1-2-12-3-4-13-5-6-15(16(13)11-12)14-7-9-17-10-8-14/h3-4,11,14-15,17H,2,5-10H2,1H3. The largest absolute Gasteiger partial charge is 0.317 e. The van der Waals surface area contributed by atoms with E-state index in [1.165, 1.54) is 50.8 Å². The normalized spacial score (nSPS) is 24.9. The minimum atomic E-state index is 0.860. The zero-order valence-electron chi connectivity index (χ0n) is 10.8. The van der Waals surface area contributed by atoms with Crippen LogP contribution in [0.15, 0.2) is 18.2 Å². The highest BCUT2D eigenvalue weighted by molar-refractivity contribution is 5.39. The molecule has 1 unspecified atom stereocenters. The van der Waals surface area contributed by atoms with E-state index in [-0.39, 0.29) is 0 Å². The van der Waals surface area contributed by atoms with Gasteiger partial charge in [-0.25, -0.2) is 0 Å². The fourth-order valence-electron chi connectivity index (χ4n) is 3.64. The molecule has 3 rings (SSSR count). The maximum atomic E-state index is 3.48. The molecule has 0 amide bonds. The number of piperidine rings is 1. The van der Waals surface area contributed by atoms with Crippen molar-refractivity contribution in [2.75, 3.05) is 13.1 Å². The third-order valence-electron chi connectivity index (χ3n) is 4.70. The predicted octanol–water partition coefficient (Wildman–Crippen LogP) is 3.28. The maximum absolute atomic E-state index is 3.48. The topological polar surface area (TPSA) is 12.0 Å². The molecule has 17 heavy (non-hydrogen) atoms. The molecule has 1 fully saturated rings. The number of fused-ring (bicyclic) bond motifs is 1. The van der Waals surface area contributed by atoms with Crippen molar-refractivity contribution in [3.05, 3.63) is 34.9 Å². The Hall–Kier alpha value is -0.820. The third-order valence-corrected chi connectivity index (χ3v) is 4.70. The van der Waals surface area contributed by atoms with Gasteiger partial charge in [0.05, 0.1) is 0 Å². The van der Waals surface area contributed by atoms with Crippen molar-refractivity contribution < 1.29 is 0 Å². The lowest BCUT2D eigenvalue weighted by atomic mass is 9.81. The molecule has 0 spiro atoms. The Morgan fingerprint density at radius 1 is 1.18 bits per heavy atom. The van der Waals surface area contributed by atoms with E-state index in [1.807, 2.05) is 0 Å². The van der Waals surface area contributed by atoms with E-state index in [2.05, 4.69) is 30.4 Å². The Balaban J connectivity index is 1.85. The molecule has 1 aliphatic heterocycles. The van der Waals surface area contributed by atoms with Gasteiger partial charge in [-0.2, -0.15) is 0 Å². The summed E-state index contributed by atoms with van der Waals surface area (Å²) in [7, 11) is 0. The molecule has 1 saturated heterocycles. The molecule has 1 aromatic rings. The fraction of sp³-hybridized carbons (Fsp3) is 0.625. The van der Waals surface area contributed by atoms with Gasteiger partial charge in [-0.15, -0.1) is 0 Å². The Labute approximate surface area is 105 Å². The number of hydrogen-bond donors (Lipinski definition) is 1. The van der Waals surface area contributed by atoms with Crippen LogP contribution in [0.1, 0.15) is 48.8 Å². The molecule has 0 aromatic heterocycles. The average Bonchev–Trinajstić information content (AvgIpc) is 2.82. The van der Waals surface area contributed by atoms with E-state index in [9.17, 15) is 0 Å². The molecule has 1 heterocycles. The van der Waals surface area contributed by atoms with E-state index in [1.54, 1.807) is 11.1 Å². The predicted molar refractivity (Wildman–Crippen MR) is 72.5 cm³/mol. The summed E-state index contributed by atoms with van der Waals surface area (Å²) in [5, 5.41) is 3.48. The summed E-state index contributed by atoms with van der Waals surface area (Å²) in [4.78, 5) is 0. The summed E-state index contributed by atoms with van der Waals surface area (Å²) in [5.41, 5.74) is 4.84. The van der Waals surface area contributed by atoms with Crippen LogP contribution in [0.5, 0.6) is 0 Å². The first-order valence-electron chi connectivity index (χ1n) is 7.21. The lowest BCUT2D eigenvalue weighted by molar-refractivity contribution is 0.317. The lowest BCUT2D eigenvalue weighted by Crippen LogP contribution is -2.30. The molecule has 1 nitrogen and oxygen atoms in total. The van der Waals surface area contributed by atoms with Crippen LogP contribution in [0, 0.1) is 5.92 Å². The molecule has 1 aromatic carbocycles. The van der Waals surface area contributed by atoms with Crippen molar-refractivity contribution in [3.8, 4) is 0 Å². The fourth-order valence-corrected chi connectivity index (χ4v) is 3.64. The van der Waals surface area contributed by atoms with Crippen molar-refractivity contribution in [3.63, 3.8) is 0 Å². The molecule has 1 N–H and O–H groups in total. The first-order chi connectivity index (χ1) is 8.38. The van der Waals surface area contributed by atoms with Gasteiger partial charge in [0.2, 0.25) is 0 Å². The molecule has 1 heteroatoms. The minimum Gasteiger partial charge on any atom is -0.317 e. The summed E-state index contributed by atoms with van der Waals surface area (Å²) >= 11 is 0. The van der Waals surface area contributed by atoms with Crippen LogP contribution < -0.4 is 5.32 Å². The van der Waals surface area contributed by atoms with Gasteiger partial charge in [0.15, 0.2) is 0 Å². The van der Waals surface area contributed by atoms with Crippen molar-refractivity contribution in [2.45, 2.75) is 44.9 Å². The smallest absolute Gasteiger partial charge is 0.00461 e. The molecule has 0 bridgehead atoms. The molecule has 0 radical (unpaired) electrons. The van der Waals surface area contributed by atoms with E-state index in [0.717, 1.165) is 11.8 Å². The monoisotopic (exact) mass is 229 g/mol. The maximum Gasteiger partial charge on any atom is -0.00461 e. The van der Waals surface area contributed by atoms with Crippen LogP contribution in [0.2, 0.25) is 0 Å². The van der Waals surface area contributed by atoms with Crippen molar-refractivity contribution >= 4 is 0 Å². The zero-order chi connectivity index (χ0) is 11.7. The quantitative estimate of drug-likeness (QED) is 0.820. The van der Waals surface area contributed by atoms with E-state index in [0.29, 0.717) is 0 Å². The second kappa shape index (κ2) is 4.81. The minimum absolute atomic E-state index is 0.860. The summed E-state index contributed by atoms with van der Waals surface area (Å²) in [6, 6.07) is 7.20. The highest BCUT2D eigenvalue weighted by atomic mass is 14.9. The Bertz CT molecular complexity index is 391. The third kappa shape index (κ3) is 2.13. The highest BCUT2D eigenvalue weighted by Gasteiger charge is 2.30. The Kier molecular flexibility index (Phi) is 3.19. The van der Waals surface area contributed by atoms with Gasteiger partial charge in [0.25, 0.3) is 0 Å². The second-order valence-corrected chi connectivity index (χ2v) is 5.62.